The molecule has 1 heterocycles. The van der Waals surface area contributed by atoms with E-state index in [1.165, 1.54) is 12.3 Å². The molecule has 0 fully saturated rings. The van der Waals surface area contributed by atoms with Crippen molar-refractivity contribution in [2.24, 2.45) is 0 Å². The Kier molecular flexibility index (Phi) is 3.55. The summed E-state index contributed by atoms with van der Waals surface area (Å²) in [5.41, 5.74) is -0.717. The fraction of sp³-hybridized carbons (Fsp3) is 0.500. The second-order valence-electron chi connectivity index (χ2n) is 3.35. The lowest BCUT2D eigenvalue weighted by Gasteiger charge is -2.16. The highest BCUT2D eigenvalue weighted by Crippen LogP contribution is 2.33. The van der Waals surface area contributed by atoms with Gasteiger partial charge in [-0.15, -0.1) is 0 Å². The van der Waals surface area contributed by atoms with Crippen molar-refractivity contribution in [1.29, 1.82) is 0 Å². The summed E-state index contributed by atoms with van der Waals surface area (Å²) in [6.07, 6.45) is -2.27. The zero-order valence-corrected chi connectivity index (χ0v) is 8.60. The molecule has 1 atom stereocenters. The second-order valence-corrected chi connectivity index (χ2v) is 3.35. The normalized spacial score (nSPS) is 13.7. The van der Waals surface area contributed by atoms with Crippen molar-refractivity contribution in [2.45, 2.75) is 32.5 Å². The van der Waals surface area contributed by atoms with Crippen LogP contribution in [0.25, 0.3) is 0 Å². The standard InChI is InChI=1S/C10H13F3N2/c1-3-7(2)15-9-8(10(11,12)13)5-4-6-14-9/h4-7H,3H2,1-2H3,(H,14,15). The zero-order valence-electron chi connectivity index (χ0n) is 8.60. The molecule has 0 amide bonds. The summed E-state index contributed by atoms with van der Waals surface area (Å²) >= 11 is 0. The molecule has 1 N–H and O–H groups in total. The van der Waals surface area contributed by atoms with Gasteiger partial charge in [-0.05, 0) is 25.5 Å². The number of rotatable bonds is 3. The second kappa shape index (κ2) is 4.51. The molecule has 0 saturated carbocycles. The highest BCUT2D eigenvalue weighted by molar-refractivity contribution is 5.46. The molecule has 1 aromatic heterocycles. The molecule has 0 aromatic carbocycles. The van der Waals surface area contributed by atoms with E-state index in [2.05, 4.69) is 10.3 Å². The number of hydrogen-bond donors (Lipinski definition) is 1. The Balaban J connectivity index is 2.97. The Bertz CT molecular complexity index is 323. The summed E-state index contributed by atoms with van der Waals surface area (Å²) < 4.78 is 37.6. The zero-order chi connectivity index (χ0) is 11.5. The van der Waals surface area contributed by atoms with Crippen LogP contribution in [0.2, 0.25) is 0 Å². The van der Waals surface area contributed by atoms with E-state index in [0.717, 1.165) is 12.5 Å². The van der Waals surface area contributed by atoms with Crippen molar-refractivity contribution < 1.29 is 13.2 Å². The predicted molar refractivity (Wildman–Crippen MR) is 52.6 cm³/mol. The van der Waals surface area contributed by atoms with Crippen molar-refractivity contribution >= 4 is 5.82 Å². The monoisotopic (exact) mass is 218 g/mol. The molecular formula is C10H13F3N2. The van der Waals surface area contributed by atoms with Crippen LogP contribution in [0.4, 0.5) is 19.0 Å². The van der Waals surface area contributed by atoms with Crippen LogP contribution in [0.5, 0.6) is 0 Å². The lowest BCUT2D eigenvalue weighted by molar-refractivity contribution is -0.137. The fourth-order valence-corrected chi connectivity index (χ4v) is 1.08. The Morgan fingerprint density at radius 1 is 1.47 bits per heavy atom. The van der Waals surface area contributed by atoms with Gasteiger partial charge in [-0.2, -0.15) is 13.2 Å². The predicted octanol–water partition coefficient (Wildman–Crippen LogP) is 3.31. The summed E-state index contributed by atoms with van der Waals surface area (Å²) in [5, 5.41) is 2.74. The van der Waals surface area contributed by atoms with E-state index in [1.54, 1.807) is 0 Å². The van der Waals surface area contributed by atoms with E-state index in [4.69, 9.17) is 0 Å². The summed E-state index contributed by atoms with van der Waals surface area (Å²) in [5.74, 6) is -0.0978. The van der Waals surface area contributed by atoms with E-state index in [9.17, 15) is 13.2 Å². The van der Waals surface area contributed by atoms with E-state index in [0.29, 0.717) is 0 Å². The van der Waals surface area contributed by atoms with Crippen LogP contribution in [0.3, 0.4) is 0 Å². The molecule has 0 saturated heterocycles. The third kappa shape index (κ3) is 3.11. The maximum atomic E-state index is 12.5. The first-order valence-corrected chi connectivity index (χ1v) is 4.74. The molecule has 1 aromatic rings. The minimum Gasteiger partial charge on any atom is -0.367 e. The molecule has 0 aliphatic carbocycles. The van der Waals surface area contributed by atoms with Crippen molar-refractivity contribution in [2.75, 3.05) is 5.32 Å². The number of anilines is 1. The van der Waals surface area contributed by atoms with Crippen LogP contribution in [0.15, 0.2) is 18.3 Å². The van der Waals surface area contributed by atoms with Crippen molar-refractivity contribution in [3.8, 4) is 0 Å². The molecule has 0 aliphatic rings. The molecule has 1 unspecified atom stereocenters. The van der Waals surface area contributed by atoms with Gasteiger partial charge in [-0.3, -0.25) is 0 Å². The maximum absolute atomic E-state index is 12.5. The highest BCUT2D eigenvalue weighted by Gasteiger charge is 2.34. The minimum absolute atomic E-state index is 0.0269. The first-order valence-electron chi connectivity index (χ1n) is 4.74. The van der Waals surface area contributed by atoms with Gasteiger partial charge in [-0.1, -0.05) is 6.92 Å². The molecule has 2 nitrogen and oxygen atoms in total. The molecule has 0 spiro atoms. The van der Waals surface area contributed by atoms with E-state index < -0.39 is 11.7 Å². The molecular weight excluding hydrogens is 205 g/mol. The van der Waals surface area contributed by atoms with Crippen molar-refractivity contribution in [1.82, 2.24) is 4.98 Å². The largest absolute Gasteiger partial charge is 0.419 e. The van der Waals surface area contributed by atoms with Gasteiger partial charge in [0, 0.05) is 12.2 Å². The quantitative estimate of drug-likeness (QED) is 0.841. The van der Waals surface area contributed by atoms with Gasteiger partial charge < -0.3 is 5.32 Å². The van der Waals surface area contributed by atoms with Gasteiger partial charge in [-0.25, -0.2) is 4.98 Å². The van der Waals surface area contributed by atoms with Crippen LogP contribution in [-0.4, -0.2) is 11.0 Å². The van der Waals surface area contributed by atoms with Gasteiger partial charge >= 0.3 is 6.18 Å². The fourth-order valence-electron chi connectivity index (χ4n) is 1.08. The SMILES string of the molecule is CCC(C)Nc1ncccc1C(F)(F)F. The average Bonchev–Trinajstić information content (AvgIpc) is 2.17. The molecule has 0 aliphatic heterocycles. The molecule has 1 rings (SSSR count). The van der Waals surface area contributed by atoms with Crippen LogP contribution in [0.1, 0.15) is 25.8 Å². The van der Waals surface area contributed by atoms with E-state index in [-0.39, 0.29) is 11.9 Å². The topological polar surface area (TPSA) is 24.9 Å². The molecule has 0 radical (unpaired) electrons. The Morgan fingerprint density at radius 3 is 2.67 bits per heavy atom. The summed E-state index contributed by atoms with van der Waals surface area (Å²) in [4.78, 5) is 3.70. The average molecular weight is 218 g/mol. The third-order valence-electron chi connectivity index (χ3n) is 2.11. The smallest absolute Gasteiger partial charge is 0.367 e. The summed E-state index contributed by atoms with van der Waals surface area (Å²) in [7, 11) is 0. The first-order chi connectivity index (χ1) is 6.95. The minimum atomic E-state index is -4.36. The number of nitrogens with zero attached hydrogens (tertiary/aromatic N) is 1. The molecule has 15 heavy (non-hydrogen) atoms. The van der Waals surface area contributed by atoms with Gasteiger partial charge in [0.2, 0.25) is 0 Å². The molecule has 5 heteroatoms. The number of pyridine rings is 1. The van der Waals surface area contributed by atoms with Crippen LogP contribution in [-0.2, 0) is 6.18 Å². The van der Waals surface area contributed by atoms with Crippen molar-refractivity contribution in [3.63, 3.8) is 0 Å². The van der Waals surface area contributed by atoms with E-state index in [1.807, 2.05) is 13.8 Å². The van der Waals surface area contributed by atoms with Crippen LogP contribution in [0, 0.1) is 0 Å². The summed E-state index contributed by atoms with van der Waals surface area (Å²) in [6.45, 7) is 3.71. The first kappa shape index (κ1) is 11.8. The Labute approximate surface area is 86.5 Å². The van der Waals surface area contributed by atoms with Gasteiger partial charge in [0.15, 0.2) is 0 Å². The van der Waals surface area contributed by atoms with Crippen molar-refractivity contribution in [3.05, 3.63) is 23.9 Å². The van der Waals surface area contributed by atoms with E-state index >= 15 is 0 Å². The highest BCUT2D eigenvalue weighted by atomic mass is 19.4. The summed E-state index contributed by atoms with van der Waals surface area (Å²) in [6, 6.07) is 2.28. The number of aromatic nitrogens is 1. The van der Waals surface area contributed by atoms with Crippen LogP contribution >= 0.6 is 0 Å². The van der Waals surface area contributed by atoms with Gasteiger partial charge in [0.05, 0.1) is 5.56 Å². The lowest BCUT2D eigenvalue weighted by Crippen LogP contribution is -2.18. The molecule has 0 bridgehead atoms. The maximum Gasteiger partial charge on any atom is 0.419 e. The number of halogens is 3. The Hall–Kier alpha value is -1.26. The van der Waals surface area contributed by atoms with Crippen LogP contribution < -0.4 is 5.32 Å². The number of nitrogens with one attached hydrogen (secondary N) is 1. The molecule has 84 valence electrons. The third-order valence-corrected chi connectivity index (χ3v) is 2.11. The lowest BCUT2D eigenvalue weighted by atomic mass is 10.2. The Morgan fingerprint density at radius 2 is 2.13 bits per heavy atom. The van der Waals surface area contributed by atoms with Gasteiger partial charge in [0.25, 0.3) is 0 Å². The van der Waals surface area contributed by atoms with Gasteiger partial charge in [0.1, 0.15) is 5.82 Å². The number of hydrogen-bond acceptors (Lipinski definition) is 2. The number of alkyl halides is 3.